The zero-order valence-electron chi connectivity index (χ0n) is 10.1. The van der Waals surface area contributed by atoms with Crippen molar-refractivity contribution in [2.24, 2.45) is 0 Å². The van der Waals surface area contributed by atoms with Gasteiger partial charge in [-0.1, -0.05) is 29.8 Å². The average Bonchev–Trinajstić information content (AvgIpc) is 2.61. The lowest BCUT2D eigenvalue weighted by Gasteiger charge is -2.25. The highest BCUT2D eigenvalue weighted by Gasteiger charge is 2.33. The van der Waals surface area contributed by atoms with Crippen molar-refractivity contribution < 1.29 is 9.90 Å². The monoisotopic (exact) mass is 251 g/mol. The number of carbonyl (C=O) groups excluding carboxylic acids is 1. The minimum Gasteiger partial charge on any atom is -0.392 e. The lowest BCUT2D eigenvalue weighted by molar-refractivity contribution is -0.129. The smallest absolute Gasteiger partial charge is 0.233 e. The molecule has 1 aliphatic heterocycles. The fourth-order valence-corrected chi connectivity index (χ4v) is 3.14. The highest BCUT2D eigenvalue weighted by Crippen LogP contribution is 2.38. The van der Waals surface area contributed by atoms with Gasteiger partial charge in [-0.15, -0.1) is 11.8 Å². The van der Waals surface area contributed by atoms with E-state index >= 15 is 0 Å². The summed E-state index contributed by atoms with van der Waals surface area (Å²) in [7, 11) is 0. The molecule has 17 heavy (non-hydrogen) atoms. The molecule has 2 atom stereocenters. The van der Waals surface area contributed by atoms with Gasteiger partial charge in [-0.3, -0.25) is 4.79 Å². The van der Waals surface area contributed by atoms with Crippen molar-refractivity contribution in [3.63, 3.8) is 0 Å². The highest BCUT2D eigenvalue weighted by atomic mass is 32.2. The molecule has 0 radical (unpaired) electrons. The van der Waals surface area contributed by atoms with Crippen LogP contribution in [0.5, 0.6) is 0 Å². The first-order chi connectivity index (χ1) is 8.08. The molecule has 92 valence electrons. The van der Waals surface area contributed by atoms with Gasteiger partial charge in [0.1, 0.15) is 5.37 Å². The third-order valence-electron chi connectivity index (χ3n) is 2.79. The Hall–Kier alpha value is -1.00. The van der Waals surface area contributed by atoms with E-state index in [2.05, 4.69) is 24.3 Å². The van der Waals surface area contributed by atoms with Crippen LogP contribution in [-0.2, 0) is 4.79 Å². The molecule has 0 aliphatic carbocycles. The fourth-order valence-electron chi connectivity index (χ4n) is 1.94. The molecule has 0 bridgehead atoms. The number of carbonyl (C=O) groups is 1. The minimum absolute atomic E-state index is 0.0534. The van der Waals surface area contributed by atoms with Gasteiger partial charge in [0.15, 0.2) is 0 Å². The fraction of sp³-hybridized carbons (Fsp3) is 0.462. The Kier molecular flexibility index (Phi) is 3.74. The van der Waals surface area contributed by atoms with Crippen LogP contribution in [0.3, 0.4) is 0 Å². The maximum Gasteiger partial charge on any atom is 0.233 e. The lowest BCUT2D eigenvalue weighted by atomic mass is 10.1. The molecule has 0 aromatic heterocycles. The summed E-state index contributed by atoms with van der Waals surface area (Å²) in [5, 5.41) is 9.49. The van der Waals surface area contributed by atoms with Gasteiger partial charge in [0, 0.05) is 6.54 Å². The van der Waals surface area contributed by atoms with Crippen LogP contribution in [-0.4, -0.2) is 34.3 Å². The van der Waals surface area contributed by atoms with Gasteiger partial charge in [-0.2, -0.15) is 0 Å². The lowest BCUT2D eigenvalue weighted by Crippen LogP contribution is -2.34. The van der Waals surface area contributed by atoms with Crippen molar-refractivity contribution in [3.05, 3.63) is 35.4 Å². The van der Waals surface area contributed by atoms with Crippen molar-refractivity contribution in [2.75, 3.05) is 12.3 Å². The molecule has 0 unspecified atom stereocenters. The molecular weight excluding hydrogens is 234 g/mol. The number of aryl methyl sites for hydroxylation is 1. The largest absolute Gasteiger partial charge is 0.392 e. The first-order valence-electron chi connectivity index (χ1n) is 5.73. The van der Waals surface area contributed by atoms with Crippen molar-refractivity contribution in [3.8, 4) is 0 Å². The first-order valence-corrected chi connectivity index (χ1v) is 6.78. The number of thioether (sulfide) groups is 1. The Morgan fingerprint density at radius 2 is 2.12 bits per heavy atom. The molecule has 1 N–H and O–H groups in total. The molecule has 0 saturated carbocycles. The van der Waals surface area contributed by atoms with Gasteiger partial charge in [0.25, 0.3) is 0 Å². The van der Waals surface area contributed by atoms with E-state index in [1.165, 1.54) is 5.56 Å². The number of β-amino-alcohol motifs (C(OH)–C–C–N with tert-alkyl or cyclic N) is 1. The SMILES string of the molecule is Cc1ccc([C@@H]2SCC(=O)N2C[C@H](C)O)cc1. The van der Waals surface area contributed by atoms with Crippen molar-refractivity contribution in [1.82, 2.24) is 4.90 Å². The maximum atomic E-state index is 11.8. The first kappa shape index (κ1) is 12.5. The van der Waals surface area contributed by atoms with Gasteiger partial charge in [-0.05, 0) is 19.4 Å². The van der Waals surface area contributed by atoms with E-state index in [0.29, 0.717) is 12.3 Å². The molecule has 1 amide bonds. The number of aliphatic hydroxyl groups excluding tert-OH is 1. The Morgan fingerprint density at radius 1 is 1.47 bits per heavy atom. The number of hydrogen-bond acceptors (Lipinski definition) is 3. The molecule has 0 spiro atoms. The normalized spacial score (nSPS) is 21.9. The third-order valence-corrected chi connectivity index (χ3v) is 4.05. The van der Waals surface area contributed by atoms with Gasteiger partial charge >= 0.3 is 0 Å². The predicted octanol–water partition coefficient (Wildman–Crippen LogP) is 1.95. The summed E-state index contributed by atoms with van der Waals surface area (Å²) in [6, 6.07) is 8.22. The number of hydrogen-bond donors (Lipinski definition) is 1. The summed E-state index contributed by atoms with van der Waals surface area (Å²) in [6.45, 7) is 4.16. The predicted molar refractivity (Wildman–Crippen MR) is 69.8 cm³/mol. The third kappa shape index (κ3) is 2.82. The number of benzene rings is 1. The topological polar surface area (TPSA) is 40.5 Å². The van der Waals surface area contributed by atoms with Gasteiger partial charge in [-0.25, -0.2) is 0 Å². The summed E-state index contributed by atoms with van der Waals surface area (Å²) in [6.07, 6.45) is -0.481. The van der Waals surface area contributed by atoms with Crippen LogP contribution in [0.1, 0.15) is 23.4 Å². The van der Waals surface area contributed by atoms with Crippen LogP contribution >= 0.6 is 11.8 Å². The van der Waals surface area contributed by atoms with E-state index in [9.17, 15) is 9.90 Å². The molecule has 1 heterocycles. The molecule has 3 nitrogen and oxygen atoms in total. The van der Waals surface area contributed by atoms with Gasteiger partial charge < -0.3 is 10.0 Å². The van der Waals surface area contributed by atoms with Crippen molar-refractivity contribution in [1.29, 1.82) is 0 Å². The summed E-state index contributed by atoms with van der Waals surface area (Å²) >= 11 is 1.62. The summed E-state index contributed by atoms with van der Waals surface area (Å²) in [5.41, 5.74) is 2.34. The second kappa shape index (κ2) is 5.10. The Labute approximate surface area is 106 Å². The Bertz CT molecular complexity index is 402. The van der Waals surface area contributed by atoms with Crippen molar-refractivity contribution in [2.45, 2.75) is 25.3 Å². The van der Waals surface area contributed by atoms with Crippen LogP contribution in [0.4, 0.5) is 0 Å². The van der Waals surface area contributed by atoms with E-state index in [1.807, 2.05) is 6.92 Å². The molecule has 4 heteroatoms. The van der Waals surface area contributed by atoms with Crippen LogP contribution in [0.25, 0.3) is 0 Å². The molecule has 1 fully saturated rings. The second-order valence-electron chi connectivity index (χ2n) is 4.47. The molecule has 1 aromatic rings. The molecule has 1 saturated heterocycles. The molecular formula is C13H17NO2S. The molecule has 2 rings (SSSR count). The minimum atomic E-state index is -0.481. The number of nitrogens with zero attached hydrogens (tertiary/aromatic N) is 1. The second-order valence-corrected chi connectivity index (χ2v) is 5.54. The van der Waals surface area contributed by atoms with Crippen molar-refractivity contribution >= 4 is 17.7 Å². The van der Waals surface area contributed by atoms with Gasteiger partial charge in [0.05, 0.1) is 11.9 Å². The zero-order chi connectivity index (χ0) is 12.4. The Morgan fingerprint density at radius 3 is 2.71 bits per heavy atom. The summed E-state index contributed by atoms with van der Waals surface area (Å²) < 4.78 is 0. The maximum absolute atomic E-state index is 11.8. The van der Waals surface area contributed by atoms with Gasteiger partial charge in [0.2, 0.25) is 5.91 Å². The van der Waals surface area contributed by atoms with Crippen LogP contribution in [0, 0.1) is 6.92 Å². The molecule has 1 aliphatic rings. The number of rotatable bonds is 3. The standard InChI is InChI=1S/C13H17NO2S/c1-9-3-5-11(6-4-9)13-14(7-10(2)15)12(16)8-17-13/h3-6,10,13,15H,7-8H2,1-2H3/t10-,13-/m0/s1. The summed E-state index contributed by atoms with van der Waals surface area (Å²) in [5.74, 6) is 0.618. The van der Waals surface area contributed by atoms with E-state index in [1.54, 1.807) is 23.6 Å². The van der Waals surface area contributed by atoms with E-state index in [-0.39, 0.29) is 11.3 Å². The van der Waals surface area contributed by atoms with Crippen LogP contribution in [0.15, 0.2) is 24.3 Å². The number of aliphatic hydroxyl groups is 1. The highest BCUT2D eigenvalue weighted by molar-refractivity contribution is 8.00. The average molecular weight is 251 g/mol. The summed E-state index contributed by atoms with van der Waals surface area (Å²) in [4.78, 5) is 13.5. The zero-order valence-corrected chi connectivity index (χ0v) is 10.9. The Balaban J connectivity index is 2.19. The van der Waals surface area contributed by atoms with Crippen LogP contribution < -0.4 is 0 Å². The van der Waals surface area contributed by atoms with E-state index < -0.39 is 6.10 Å². The van der Waals surface area contributed by atoms with E-state index in [4.69, 9.17) is 0 Å². The molecule has 1 aromatic carbocycles. The number of amides is 1. The van der Waals surface area contributed by atoms with Crippen LogP contribution in [0.2, 0.25) is 0 Å². The quantitative estimate of drug-likeness (QED) is 0.892. The van der Waals surface area contributed by atoms with E-state index in [0.717, 1.165) is 5.56 Å².